The highest BCUT2D eigenvalue weighted by Gasteiger charge is 2.40. The van der Waals surface area contributed by atoms with E-state index in [2.05, 4.69) is 22.9 Å². The Hall–Kier alpha value is -0.450. The second-order valence-electron chi connectivity index (χ2n) is 5.83. The summed E-state index contributed by atoms with van der Waals surface area (Å²) in [6, 6.07) is 4.82. The van der Waals surface area contributed by atoms with Crippen molar-refractivity contribution in [1.29, 1.82) is 0 Å². The van der Waals surface area contributed by atoms with Crippen LogP contribution in [-0.2, 0) is 0 Å². The third kappa shape index (κ3) is 3.01. The van der Waals surface area contributed by atoms with Crippen molar-refractivity contribution in [2.24, 2.45) is 17.1 Å². The van der Waals surface area contributed by atoms with Crippen LogP contribution in [0.15, 0.2) is 22.7 Å². The summed E-state index contributed by atoms with van der Waals surface area (Å²) in [5, 5.41) is 10.6. The van der Waals surface area contributed by atoms with Gasteiger partial charge in [-0.3, -0.25) is 0 Å². The van der Waals surface area contributed by atoms with Crippen LogP contribution in [0.1, 0.15) is 44.3 Å². The van der Waals surface area contributed by atoms with Crippen LogP contribution in [0.2, 0.25) is 0 Å². The highest BCUT2D eigenvalue weighted by Crippen LogP contribution is 2.47. The second kappa shape index (κ2) is 5.90. The van der Waals surface area contributed by atoms with Gasteiger partial charge in [0.2, 0.25) is 0 Å². The first kappa shape index (κ1) is 14.9. The Kier molecular flexibility index (Phi) is 4.64. The van der Waals surface area contributed by atoms with Crippen molar-refractivity contribution in [3.8, 4) is 0 Å². The maximum atomic E-state index is 13.6. The first-order chi connectivity index (χ1) is 8.98. The van der Waals surface area contributed by atoms with E-state index >= 15 is 0 Å². The van der Waals surface area contributed by atoms with Gasteiger partial charge in [0.05, 0.1) is 10.6 Å². The van der Waals surface area contributed by atoms with E-state index in [0.29, 0.717) is 22.5 Å². The summed E-state index contributed by atoms with van der Waals surface area (Å²) in [7, 11) is 0. The van der Waals surface area contributed by atoms with E-state index in [1.807, 2.05) is 0 Å². The number of aliphatic hydroxyl groups excluding tert-OH is 1. The molecule has 0 aliphatic heterocycles. The minimum absolute atomic E-state index is 0.299. The summed E-state index contributed by atoms with van der Waals surface area (Å²) >= 11 is 3.13. The van der Waals surface area contributed by atoms with E-state index in [1.165, 1.54) is 6.07 Å². The van der Waals surface area contributed by atoms with Crippen molar-refractivity contribution in [3.05, 3.63) is 34.1 Å². The van der Waals surface area contributed by atoms with E-state index in [0.717, 1.165) is 25.7 Å². The molecule has 1 aromatic rings. The number of benzene rings is 1. The molecule has 19 heavy (non-hydrogen) atoms. The fraction of sp³-hybridized carbons (Fsp3) is 0.600. The Balaban J connectivity index is 2.25. The van der Waals surface area contributed by atoms with E-state index < -0.39 is 6.10 Å². The maximum absolute atomic E-state index is 13.6. The molecule has 1 aliphatic carbocycles. The van der Waals surface area contributed by atoms with Gasteiger partial charge in [-0.05, 0) is 52.4 Å². The third-order valence-corrected chi connectivity index (χ3v) is 5.16. The predicted octanol–water partition coefficient (Wildman–Crippen LogP) is 3.78. The van der Waals surface area contributed by atoms with Gasteiger partial charge >= 0.3 is 0 Å². The topological polar surface area (TPSA) is 46.2 Å². The molecule has 0 heterocycles. The van der Waals surface area contributed by atoms with Crippen LogP contribution in [0.25, 0.3) is 0 Å². The molecule has 0 bridgehead atoms. The summed E-state index contributed by atoms with van der Waals surface area (Å²) in [6.45, 7) is 2.67. The van der Waals surface area contributed by atoms with Gasteiger partial charge in [0.1, 0.15) is 5.82 Å². The van der Waals surface area contributed by atoms with Gasteiger partial charge in [-0.25, -0.2) is 4.39 Å². The average molecular weight is 330 g/mol. The monoisotopic (exact) mass is 329 g/mol. The highest BCUT2D eigenvalue weighted by atomic mass is 79.9. The molecule has 1 saturated carbocycles. The van der Waals surface area contributed by atoms with Gasteiger partial charge in [0, 0.05) is 12.0 Å². The standard InChI is InChI=1S/C15H21BrFNO/c1-10-4-6-15(9-18,7-5-10)14(19)11-2-3-12(16)13(17)8-11/h2-3,8,10,14,19H,4-7,9,18H2,1H3. The van der Waals surface area contributed by atoms with E-state index in [9.17, 15) is 9.50 Å². The summed E-state index contributed by atoms with van der Waals surface area (Å²) in [6.07, 6.45) is 3.28. The zero-order valence-electron chi connectivity index (χ0n) is 11.2. The lowest BCUT2D eigenvalue weighted by atomic mass is 9.66. The minimum atomic E-state index is -0.687. The molecule has 0 radical (unpaired) electrons. The zero-order chi connectivity index (χ0) is 14.0. The molecule has 3 N–H and O–H groups in total. The van der Waals surface area contributed by atoms with Gasteiger partial charge in [-0.1, -0.05) is 25.8 Å². The Labute approximate surface area is 122 Å². The van der Waals surface area contributed by atoms with Crippen LogP contribution in [0.4, 0.5) is 4.39 Å². The van der Waals surface area contributed by atoms with Crippen molar-refractivity contribution in [2.75, 3.05) is 6.54 Å². The van der Waals surface area contributed by atoms with Crippen molar-refractivity contribution >= 4 is 15.9 Å². The van der Waals surface area contributed by atoms with Crippen molar-refractivity contribution in [2.45, 2.75) is 38.7 Å². The van der Waals surface area contributed by atoms with Crippen molar-refractivity contribution in [3.63, 3.8) is 0 Å². The largest absolute Gasteiger partial charge is 0.388 e. The molecule has 4 heteroatoms. The van der Waals surface area contributed by atoms with E-state index in [-0.39, 0.29) is 11.2 Å². The number of rotatable bonds is 3. The van der Waals surface area contributed by atoms with Gasteiger partial charge < -0.3 is 10.8 Å². The van der Waals surface area contributed by atoms with Gasteiger partial charge in [0.15, 0.2) is 0 Å². The number of nitrogens with two attached hydrogens (primary N) is 1. The number of halogens is 2. The molecule has 0 aromatic heterocycles. The fourth-order valence-electron chi connectivity index (χ4n) is 2.96. The molecule has 2 rings (SSSR count). The summed E-state index contributed by atoms with van der Waals surface area (Å²) in [4.78, 5) is 0. The molecule has 0 amide bonds. The lowest BCUT2D eigenvalue weighted by Gasteiger charge is -2.42. The number of aliphatic hydroxyl groups is 1. The van der Waals surface area contributed by atoms with Crippen LogP contribution >= 0.6 is 15.9 Å². The third-order valence-electron chi connectivity index (χ3n) is 4.52. The predicted molar refractivity (Wildman–Crippen MR) is 78.2 cm³/mol. The molecule has 2 nitrogen and oxygen atoms in total. The van der Waals surface area contributed by atoms with E-state index in [1.54, 1.807) is 12.1 Å². The van der Waals surface area contributed by atoms with Gasteiger partial charge in [-0.15, -0.1) is 0 Å². The summed E-state index contributed by atoms with van der Waals surface area (Å²) in [5.74, 6) is 0.349. The van der Waals surface area contributed by atoms with Crippen molar-refractivity contribution in [1.82, 2.24) is 0 Å². The second-order valence-corrected chi connectivity index (χ2v) is 6.68. The molecule has 1 aliphatic rings. The smallest absolute Gasteiger partial charge is 0.137 e. The molecule has 0 spiro atoms. The summed E-state index contributed by atoms with van der Waals surface area (Å²) in [5.41, 5.74) is 6.25. The molecule has 1 unspecified atom stereocenters. The fourth-order valence-corrected chi connectivity index (χ4v) is 3.21. The Bertz CT molecular complexity index is 444. The van der Waals surface area contributed by atoms with Gasteiger partial charge in [0.25, 0.3) is 0 Å². The average Bonchev–Trinajstić information content (AvgIpc) is 2.42. The minimum Gasteiger partial charge on any atom is -0.388 e. The lowest BCUT2D eigenvalue weighted by Crippen LogP contribution is -2.40. The molecular formula is C15H21BrFNO. The quantitative estimate of drug-likeness (QED) is 0.886. The van der Waals surface area contributed by atoms with Crippen LogP contribution < -0.4 is 5.73 Å². The Morgan fingerprint density at radius 1 is 1.47 bits per heavy atom. The first-order valence-electron chi connectivity index (χ1n) is 6.81. The maximum Gasteiger partial charge on any atom is 0.137 e. The zero-order valence-corrected chi connectivity index (χ0v) is 12.8. The molecule has 1 atom stereocenters. The first-order valence-corrected chi connectivity index (χ1v) is 7.61. The molecule has 1 fully saturated rings. The van der Waals surface area contributed by atoms with Crippen LogP contribution in [0.5, 0.6) is 0 Å². The van der Waals surface area contributed by atoms with Crippen LogP contribution in [0.3, 0.4) is 0 Å². The van der Waals surface area contributed by atoms with E-state index in [4.69, 9.17) is 5.73 Å². The van der Waals surface area contributed by atoms with Crippen LogP contribution in [-0.4, -0.2) is 11.7 Å². The number of hydrogen-bond donors (Lipinski definition) is 2. The number of hydrogen-bond acceptors (Lipinski definition) is 2. The van der Waals surface area contributed by atoms with Gasteiger partial charge in [-0.2, -0.15) is 0 Å². The Morgan fingerprint density at radius 3 is 2.63 bits per heavy atom. The van der Waals surface area contributed by atoms with Crippen LogP contribution in [0, 0.1) is 17.2 Å². The lowest BCUT2D eigenvalue weighted by molar-refractivity contribution is -0.00835. The molecule has 0 saturated heterocycles. The summed E-state index contributed by atoms with van der Waals surface area (Å²) < 4.78 is 14.0. The molecular weight excluding hydrogens is 309 g/mol. The molecule has 106 valence electrons. The van der Waals surface area contributed by atoms with Crippen molar-refractivity contribution < 1.29 is 9.50 Å². The SMILES string of the molecule is CC1CCC(CN)(C(O)c2ccc(Br)c(F)c2)CC1. The Morgan fingerprint density at radius 2 is 2.11 bits per heavy atom. The highest BCUT2D eigenvalue weighted by molar-refractivity contribution is 9.10. The molecule has 1 aromatic carbocycles. The normalized spacial score (nSPS) is 29.2.